The van der Waals surface area contributed by atoms with Crippen LogP contribution in [0.15, 0.2) is 43.0 Å². The summed E-state index contributed by atoms with van der Waals surface area (Å²) in [7, 11) is 6.04. The smallest absolute Gasteiger partial charge is 0.222 e. The molecule has 5 aromatic heterocycles. The highest BCUT2D eigenvalue weighted by Gasteiger charge is 2.21. The number of nitrogens with one attached hydrogen (secondary N) is 1. The highest BCUT2D eigenvalue weighted by Crippen LogP contribution is 2.34. The molecule has 0 amide bonds. The number of aryl methyl sites for hydroxylation is 2. The molecule has 0 saturated heterocycles. The van der Waals surface area contributed by atoms with Crippen LogP contribution in [0.3, 0.4) is 0 Å². The number of ether oxygens (including phenoxy) is 1. The average Bonchev–Trinajstić information content (AvgIpc) is 3.58. The van der Waals surface area contributed by atoms with Crippen LogP contribution in [0, 0.1) is 0 Å². The lowest BCUT2D eigenvalue weighted by Gasteiger charge is -2.16. The Morgan fingerprint density at radius 2 is 2.03 bits per heavy atom. The Morgan fingerprint density at radius 3 is 2.84 bits per heavy atom. The number of pyridine rings is 1. The van der Waals surface area contributed by atoms with Gasteiger partial charge in [-0.2, -0.15) is 10.2 Å². The molecule has 11 heteroatoms. The second-order valence-corrected chi connectivity index (χ2v) is 9.99. The highest BCUT2D eigenvalue weighted by atomic mass is 16.5. The third kappa shape index (κ3) is 4.28. The topological polar surface area (TPSA) is 104 Å². The van der Waals surface area contributed by atoms with Gasteiger partial charge in [0.15, 0.2) is 5.82 Å². The van der Waals surface area contributed by atoms with E-state index in [4.69, 9.17) is 19.8 Å². The van der Waals surface area contributed by atoms with Gasteiger partial charge in [-0.05, 0) is 40.1 Å². The summed E-state index contributed by atoms with van der Waals surface area (Å²) < 4.78 is 12.3. The summed E-state index contributed by atoms with van der Waals surface area (Å²) in [4.78, 5) is 16.1. The molecule has 0 radical (unpaired) electrons. The lowest BCUT2D eigenvalue weighted by molar-refractivity contribution is 0.260. The van der Waals surface area contributed by atoms with Crippen LogP contribution < -0.4 is 10.1 Å². The molecular formula is C27H32N10O. The molecule has 6 heterocycles. The largest absolute Gasteiger partial charge is 0.477 e. The summed E-state index contributed by atoms with van der Waals surface area (Å²) in [6.07, 6.45) is 8.31. The van der Waals surface area contributed by atoms with Crippen molar-refractivity contribution in [3.63, 3.8) is 0 Å². The second kappa shape index (κ2) is 9.56. The molecule has 1 aliphatic rings. The number of rotatable bonds is 4. The standard InChI is InChI=1S/C27H32N10O/c1-6-36-15-18(11-19(36)16-34(3)4)25-20-13-29-24-12-22(20)37(33-25)17(2)8-10-38-27-21(14-30-35(27)5)26-28-9-7-23(31-24)32-26/h7,9,11-15,17H,6,8,10,16H2,1-5H3,(H,28,29,31,32)/t17-/m0/s1. The molecule has 1 atom stereocenters. The van der Waals surface area contributed by atoms with E-state index in [1.54, 1.807) is 17.1 Å². The minimum Gasteiger partial charge on any atom is -0.477 e. The van der Waals surface area contributed by atoms with E-state index in [0.29, 0.717) is 29.9 Å². The predicted molar refractivity (Wildman–Crippen MR) is 146 cm³/mol. The third-order valence-electron chi connectivity index (χ3n) is 6.90. The fraction of sp³-hybridized carbons (Fsp3) is 0.370. The van der Waals surface area contributed by atoms with Crippen LogP contribution in [0.1, 0.15) is 32.0 Å². The van der Waals surface area contributed by atoms with Gasteiger partial charge < -0.3 is 19.5 Å². The minimum absolute atomic E-state index is 0.0877. The van der Waals surface area contributed by atoms with Crippen molar-refractivity contribution in [2.75, 3.05) is 26.0 Å². The van der Waals surface area contributed by atoms with Crippen molar-refractivity contribution in [2.45, 2.75) is 39.4 Å². The third-order valence-corrected chi connectivity index (χ3v) is 6.90. The van der Waals surface area contributed by atoms with Crippen LogP contribution in [0.2, 0.25) is 0 Å². The molecule has 0 spiro atoms. The van der Waals surface area contributed by atoms with E-state index < -0.39 is 0 Å². The van der Waals surface area contributed by atoms with Gasteiger partial charge in [0, 0.05) is 67.9 Å². The lowest BCUT2D eigenvalue weighted by Crippen LogP contribution is -2.13. The number of hydrogen-bond acceptors (Lipinski definition) is 8. The maximum Gasteiger partial charge on any atom is 0.222 e. The van der Waals surface area contributed by atoms with Crippen molar-refractivity contribution in [3.8, 4) is 28.5 Å². The van der Waals surface area contributed by atoms with Crippen molar-refractivity contribution < 1.29 is 4.74 Å². The molecule has 0 aromatic carbocycles. The van der Waals surface area contributed by atoms with Gasteiger partial charge in [-0.1, -0.05) is 0 Å². The van der Waals surface area contributed by atoms with Gasteiger partial charge in [-0.15, -0.1) is 0 Å². The molecule has 5 aromatic rings. The fourth-order valence-corrected chi connectivity index (χ4v) is 4.97. The van der Waals surface area contributed by atoms with Gasteiger partial charge in [0.1, 0.15) is 22.9 Å². The quantitative estimate of drug-likeness (QED) is 0.381. The first-order valence-electron chi connectivity index (χ1n) is 12.9. The zero-order chi connectivity index (χ0) is 26.4. The van der Waals surface area contributed by atoms with E-state index in [2.05, 4.69) is 69.8 Å². The Labute approximate surface area is 221 Å². The average molecular weight is 513 g/mol. The van der Waals surface area contributed by atoms with Gasteiger partial charge in [0.05, 0.1) is 24.4 Å². The van der Waals surface area contributed by atoms with Crippen molar-refractivity contribution >= 4 is 22.5 Å². The Kier molecular flexibility index (Phi) is 6.07. The Bertz CT molecular complexity index is 1610. The van der Waals surface area contributed by atoms with E-state index >= 15 is 0 Å². The van der Waals surface area contributed by atoms with E-state index in [0.717, 1.165) is 47.2 Å². The number of anilines is 2. The SMILES string of the molecule is CCn1cc(-c2nn3c4cc(ncc24)Nc2ccnc(n2)-c2cnn(C)c2OCC[C@@H]3C)cc1CN(C)C. The first-order valence-corrected chi connectivity index (χ1v) is 12.9. The van der Waals surface area contributed by atoms with E-state index in [-0.39, 0.29) is 6.04 Å². The predicted octanol–water partition coefficient (Wildman–Crippen LogP) is 4.26. The highest BCUT2D eigenvalue weighted by molar-refractivity contribution is 5.94. The van der Waals surface area contributed by atoms with Crippen LogP contribution in [0.5, 0.6) is 5.88 Å². The van der Waals surface area contributed by atoms with Gasteiger partial charge in [-0.25, -0.2) is 19.6 Å². The summed E-state index contributed by atoms with van der Waals surface area (Å²) in [5.74, 6) is 2.52. The molecule has 196 valence electrons. The van der Waals surface area contributed by atoms with Crippen LogP contribution >= 0.6 is 0 Å². The molecule has 38 heavy (non-hydrogen) atoms. The summed E-state index contributed by atoms with van der Waals surface area (Å²) in [5, 5.41) is 13.9. The van der Waals surface area contributed by atoms with Crippen LogP contribution in [0.4, 0.5) is 11.6 Å². The van der Waals surface area contributed by atoms with Crippen molar-refractivity contribution in [1.82, 2.24) is 44.0 Å². The maximum absolute atomic E-state index is 6.22. The zero-order valence-electron chi connectivity index (χ0n) is 22.4. The fourth-order valence-electron chi connectivity index (χ4n) is 4.97. The monoisotopic (exact) mass is 512 g/mol. The first kappa shape index (κ1) is 24.1. The molecule has 6 rings (SSSR count). The van der Waals surface area contributed by atoms with Crippen LogP contribution in [-0.4, -0.2) is 64.7 Å². The number of aromatic nitrogens is 8. The lowest BCUT2D eigenvalue weighted by atomic mass is 10.1. The van der Waals surface area contributed by atoms with Crippen LogP contribution in [0.25, 0.3) is 33.5 Å². The maximum atomic E-state index is 6.22. The molecule has 1 N–H and O–H groups in total. The minimum atomic E-state index is 0.0877. The molecule has 0 fully saturated rings. The summed E-state index contributed by atoms with van der Waals surface area (Å²) in [5.41, 5.74) is 5.04. The van der Waals surface area contributed by atoms with Crippen molar-refractivity contribution in [2.24, 2.45) is 7.05 Å². The molecule has 11 nitrogen and oxygen atoms in total. The number of hydrogen-bond donors (Lipinski definition) is 1. The molecule has 1 aliphatic heterocycles. The van der Waals surface area contributed by atoms with E-state index in [1.165, 1.54) is 5.69 Å². The van der Waals surface area contributed by atoms with E-state index in [9.17, 15) is 0 Å². The molecule has 0 unspecified atom stereocenters. The Balaban J connectivity index is 1.47. The summed E-state index contributed by atoms with van der Waals surface area (Å²) in [6.45, 7) is 6.60. The first-order chi connectivity index (χ1) is 18.4. The van der Waals surface area contributed by atoms with Crippen molar-refractivity contribution in [3.05, 3.63) is 48.7 Å². The Morgan fingerprint density at radius 1 is 1.16 bits per heavy atom. The number of fused-ring (bicyclic) bond motifs is 5. The molecule has 0 aliphatic carbocycles. The normalized spacial score (nSPS) is 15.4. The Hall–Kier alpha value is -4.25. The van der Waals surface area contributed by atoms with Crippen LogP contribution in [-0.2, 0) is 20.1 Å². The van der Waals surface area contributed by atoms with Gasteiger partial charge in [-0.3, -0.25) is 4.68 Å². The van der Waals surface area contributed by atoms with Gasteiger partial charge in [0.25, 0.3) is 0 Å². The molecule has 4 bridgehead atoms. The van der Waals surface area contributed by atoms with Gasteiger partial charge in [0.2, 0.25) is 5.88 Å². The van der Waals surface area contributed by atoms with E-state index in [1.807, 2.05) is 25.4 Å². The van der Waals surface area contributed by atoms with Gasteiger partial charge >= 0.3 is 0 Å². The second-order valence-electron chi connectivity index (χ2n) is 9.99. The molecule has 0 saturated carbocycles. The van der Waals surface area contributed by atoms with Crippen molar-refractivity contribution in [1.29, 1.82) is 0 Å². The summed E-state index contributed by atoms with van der Waals surface area (Å²) >= 11 is 0. The summed E-state index contributed by atoms with van der Waals surface area (Å²) in [6, 6.07) is 6.20. The zero-order valence-corrected chi connectivity index (χ0v) is 22.4. The molecular weight excluding hydrogens is 480 g/mol. The number of nitrogens with zero attached hydrogens (tertiary/aromatic N) is 9.